The van der Waals surface area contributed by atoms with Crippen molar-refractivity contribution in [1.29, 1.82) is 0 Å². The van der Waals surface area contributed by atoms with Crippen LogP contribution in [0, 0.1) is 6.92 Å². The summed E-state index contributed by atoms with van der Waals surface area (Å²) in [6.45, 7) is 3.06. The largest absolute Gasteiger partial charge is 0.326 e. The van der Waals surface area contributed by atoms with Crippen molar-refractivity contribution in [2.24, 2.45) is 0 Å². The van der Waals surface area contributed by atoms with Crippen LogP contribution >= 0.6 is 0 Å². The molecule has 0 atom stereocenters. The van der Waals surface area contributed by atoms with E-state index in [1.807, 2.05) is 0 Å². The minimum Gasteiger partial charge on any atom is -0.326 e. The number of carbonyl (C=O) groups is 2. The number of benzene rings is 1. The van der Waals surface area contributed by atoms with E-state index in [0.29, 0.717) is 11.3 Å². The third-order valence-electron chi connectivity index (χ3n) is 2.00. The molecule has 17 heavy (non-hydrogen) atoms. The molecule has 0 heterocycles. The summed E-state index contributed by atoms with van der Waals surface area (Å²) < 4.78 is 24.0. The van der Waals surface area contributed by atoms with Gasteiger partial charge in [-0.1, -0.05) is 0 Å². The second-order valence-corrected chi connectivity index (χ2v) is 3.50. The molecule has 6 heteroatoms. The van der Waals surface area contributed by atoms with E-state index in [2.05, 4.69) is 10.6 Å². The highest BCUT2D eigenvalue weighted by molar-refractivity contribution is 5.94. The van der Waals surface area contributed by atoms with Crippen LogP contribution in [0.4, 0.5) is 20.2 Å². The van der Waals surface area contributed by atoms with E-state index >= 15 is 0 Å². The maximum absolute atomic E-state index is 12.0. The van der Waals surface area contributed by atoms with E-state index in [1.54, 1.807) is 6.92 Å². The van der Waals surface area contributed by atoms with Crippen LogP contribution in [0.3, 0.4) is 0 Å². The summed E-state index contributed by atoms with van der Waals surface area (Å²) in [6, 6.07) is 4.49. The quantitative estimate of drug-likeness (QED) is 0.853. The maximum atomic E-state index is 12.0. The molecule has 0 aromatic heterocycles. The number of aryl methyl sites for hydroxylation is 1. The van der Waals surface area contributed by atoms with Crippen molar-refractivity contribution in [2.75, 3.05) is 10.6 Å². The number of amides is 2. The third-order valence-corrected chi connectivity index (χ3v) is 2.00. The summed E-state index contributed by atoms with van der Waals surface area (Å²) >= 11 is 0. The van der Waals surface area contributed by atoms with Gasteiger partial charge in [-0.05, 0) is 30.7 Å². The lowest BCUT2D eigenvalue weighted by Gasteiger charge is -2.09. The highest BCUT2D eigenvalue weighted by Gasteiger charge is 2.15. The Morgan fingerprint density at radius 1 is 1.24 bits per heavy atom. The minimum atomic E-state index is -3.05. The average Bonchev–Trinajstić information content (AvgIpc) is 2.21. The first-order chi connectivity index (χ1) is 7.90. The van der Waals surface area contributed by atoms with Crippen molar-refractivity contribution in [2.45, 2.75) is 20.3 Å². The maximum Gasteiger partial charge on any atom is 0.315 e. The molecular formula is C11H12F2N2O2. The molecule has 92 valence electrons. The van der Waals surface area contributed by atoms with Crippen molar-refractivity contribution in [3.05, 3.63) is 23.8 Å². The van der Waals surface area contributed by atoms with Gasteiger partial charge in [-0.2, -0.15) is 8.78 Å². The number of alkyl halides is 2. The molecule has 0 saturated heterocycles. The fourth-order valence-corrected chi connectivity index (χ4v) is 1.27. The molecule has 0 fully saturated rings. The van der Waals surface area contributed by atoms with Crippen molar-refractivity contribution in [3.8, 4) is 0 Å². The second-order valence-electron chi connectivity index (χ2n) is 3.50. The van der Waals surface area contributed by atoms with E-state index in [0.717, 1.165) is 0 Å². The Morgan fingerprint density at radius 2 is 1.88 bits per heavy atom. The van der Waals surface area contributed by atoms with Crippen molar-refractivity contribution in [1.82, 2.24) is 0 Å². The molecular weight excluding hydrogens is 230 g/mol. The molecule has 0 aliphatic heterocycles. The van der Waals surface area contributed by atoms with Gasteiger partial charge < -0.3 is 10.6 Å². The molecule has 0 bridgehead atoms. The number of nitrogens with one attached hydrogen (secondary N) is 2. The highest BCUT2D eigenvalue weighted by atomic mass is 19.3. The van der Waals surface area contributed by atoms with Gasteiger partial charge in [0.25, 0.3) is 5.91 Å². The van der Waals surface area contributed by atoms with Crippen molar-refractivity contribution in [3.63, 3.8) is 0 Å². The Morgan fingerprint density at radius 3 is 2.35 bits per heavy atom. The number of hydrogen-bond acceptors (Lipinski definition) is 2. The molecule has 0 radical (unpaired) electrons. The number of hydrogen-bond donors (Lipinski definition) is 2. The number of carbonyl (C=O) groups excluding carboxylic acids is 2. The Hall–Kier alpha value is -1.98. The number of anilines is 2. The van der Waals surface area contributed by atoms with E-state index in [4.69, 9.17) is 0 Å². The fraction of sp³-hybridized carbons (Fsp3) is 0.273. The molecule has 2 N–H and O–H groups in total. The minimum absolute atomic E-state index is 0.225. The molecule has 1 aromatic carbocycles. The van der Waals surface area contributed by atoms with Crippen molar-refractivity contribution >= 4 is 23.2 Å². The summed E-state index contributed by atoms with van der Waals surface area (Å²) in [5.41, 5.74) is 1.52. The monoisotopic (exact) mass is 242 g/mol. The van der Waals surface area contributed by atoms with E-state index < -0.39 is 12.3 Å². The molecule has 0 aliphatic rings. The number of halogens is 2. The molecule has 4 nitrogen and oxygen atoms in total. The lowest BCUT2D eigenvalue weighted by atomic mass is 10.1. The molecule has 0 spiro atoms. The summed E-state index contributed by atoms with van der Waals surface area (Å²) in [5.74, 6) is -1.57. The normalized spacial score (nSPS) is 10.2. The first-order valence-electron chi connectivity index (χ1n) is 4.87. The topological polar surface area (TPSA) is 58.2 Å². The Kier molecular flexibility index (Phi) is 4.14. The zero-order chi connectivity index (χ0) is 13.0. The zero-order valence-corrected chi connectivity index (χ0v) is 9.38. The average molecular weight is 242 g/mol. The molecule has 1 rings (SSSR count). The van der Waals surface area contributed by atoms with E-state index in [-0.39, 0.29) is 11.6 Å². The predicted molar refractivity (Wildman–Crippen MR) is 60.1 cm³/mol. The van der Waals surface area contributed by atoms with Crippen LogP contribution in [-0.2, 0) is 9.59 Å². The van der Waals surface area contributed by atoms with Crippen LogP contribution in [0.25, 0.3) is 0 Å². The molecule has 0 unspecified atom stereocenters. The van der Waals surface area contributed by atoms with Crippen LogP contribution in [0.2, 0.25) is 0 Å². The van der Waals surface area contributed by atoms with Gasteiger partial charge in [0.15, 0.2) is 0 Å². The number of rotatable bonds is 3. The Bertz CT molecular complexity index is 447. The van der Waals surface area contributed by atoms with Crippen LogP contribution in [0.5, 0.6) is 0 Å². The SMILES string of the molecule is CC(=O)Nc1ccc(NC(=O)C(F)F)cc1C. The Labute approximate surface area is 97.0 Å². The van der Waals surface area contributed by atoms with Gasteiger partial charge in [-0.25, -0.2) is 0 Å². The first kappa shape index (κ1) is 13.1. The van der Waals surface area contributed by atoms with Gasteiger partial charge in [0.2, 0.25) is 5.91 Å². The summed E-state index contributed by atoms with van der Waals surface area (Å²) in [4.78, 5) is 21.6. The molecule has 0 aliphatic carbocycles. The van der Waals surface area contributed by atoms with Gasteiger partial charge in [-0.3, -0.25) is 9.59 Å². The smallest absolute Gasteiger partial charge is 0.315 e. The Balaban J connectivity index is 2.82. The standard InChI is InChI=1S/C11H12F2N2O2/c1-6-5-8(15-11(17)10(12)13)3-4-9(6)14-7(2)16/h3-5,10H,1-2H3,(H,14,16)(H,15,17). The van der Waals surface area contributed by atoms with Gasteiger partial charge in [-0.15, -0.1) is 0 Å². The fourth-order valence-electron chi connectivity index (χ4n) is 1.27. The van der Waals surface area contributed by atoms with Gasteiger partial charge >= 0.3 is 6.43 Å². The van der Waals surface area contributed by atoms with Crippen LogP contribution in [0.15, 0.2) is 18.2 Å². The van der Waals surface area contributed by atoms with Crippen molar-refractivity contribution < 1.29 is 18.4 Å². The summed E-state index contributed by atoms with van der Waals surface area (Å²) in [6.07, 6.45) is -3.05. The van der Waals surface area contributed by atoms with E-state index in [9.17, 15) is 18.4 Å². The highest BCUT2D eigenvalue weighted by Crippen LogP contribution is 2.20. The van der Waals surface area contributed by atoms with Gasteiger partial charge in [0, 0.05) is 18.3 Å². The second kappa shape index (κ2) is 5.38. The lowest BCUT2D eigenvalue weighted by molar-refractivity contribution is -0.126. The van der Waals surface area contributed by atoms with E-state index in [1.165, 1.54) is 25.1 Å². The predicted octanol–water partition coefficient (Wildman–Crippen LogP) is 2.16. The van der Waals surface area contributed by atoms with Crippen LogP contribution in [-0.4, -0.2) is 18.2 Å². The van der Waals surface area contributed by atoms with Crippen LogP contribution < -0.4 is 10.6 Å². The van der Waals surface area contributed by atoms with Crippen LogP contribution in [0.1, 0.15) is 12.5 Å². The zero-order valence-electron chi connectivity index (χ0n) is 9.38. The molecule has 2 amide bonds. The third kappa shape index (κ3) is 3.82. The summed E-state index contributed by atoms with van der Waals surface area (Å²) in [5, 5.41) is 4.64. The first-order valence-corrected chi connectivity index (χ1v) is 4.87. The molecule has 1 aromatic rings. The summed E-state index contributed by atoms with van der Waals surface area (Å²) in [7, 11) is 0. The lowest BCUT2D eigenvalue weighted by Crippen LogP contribution is -2.20. The van der Waals surface area contributed by atoms with Gasteiger partial charge in [0.05, 0.1) is 0 Å². The molecule has 0 saturated carbocycles. The van der Waals surface area contributed by atoms with Gasteiger partial charge in [0.1, 0.15) is 0 Å².